The molecule has 0 bridgehead atoms. The summed E-state index contributed by atoms with van der Waals surface area (Å²) in [5.41, 5.74) is 8.33. The van der Waals surface area contributed by atoms with Crippen LogP contribution in [-0.2, 0) is 0 Å². The van der Waals surface area contributed by atoms with Crippen molar-refractivity contribution >= 4 is 33.2 Å². The summed E-state index contributed by atoms with van der Waals surface area (Å²) in [7, 11) is 0. The van der Waals surface area contributed by atoms with Crippen LogP contribution in [0.4, 0.5) is 11.4 Å². The Labute approximate surface area is 125 Å². The first-order valence-electron chi connectivity index (χ1n) is 5.89. The van der Waals surface area contributed by atoms with Gasteiger partial charge in [-0.1, -0.05) is 28.1 Å². The van der Waals surface area contributed by atoms with E-state index >= 15 is 0 Å². The van der Waals surface area contributed by atoms with Crippen molar-refractivity contribution in [2.45, 2.75) is 6.92 Å². The number of hydrogen-bond acceptors (Lipinski definition) is 3. The van der Waals surface area contributed by atoms with Crippen LogP contribution >= 0.6 is 15.9 Å². The Morgan fingerprint density at radius 2 is 2.10 bits per heavy atom. The third-order valence-electron chi connectivity index (χ3n) is 2.89. The van der Waals surface area contributed by atoms with Crippen LogP contribution in [0, 0.1) is 18.3 Å². The first-order valence-corrected chi connectivity index (χ1v) is 6.68. The van der Waals surface area contributed by atoms with Crippen molar-refractivity contribution in [1.29, 1.82) is 5.26 Å². The second kappa shape index (κ2) is 5.76. The molecule has 0 aromatic heterocycles. The summed E-state index contributed by atoms with van der Waals surface area (Å²) in [6, 6.07) is 12.4. The second-order valence-electron chi connectivity index (χ2n) is 4.29. The molecule has 0 spiro atoms. The predicted molar refractivity (Wildman–Crippen MR) is 82.4 cm³/mol. The number of nitrogens with zero attached hydrogens (tertiary/aromatic N) is 1. The van der Waals surface area contributed by atoms with Gasteiger partial charge in [0.1, 0.15) is 6.07 Å². The number of nitrogen functional groups attached to an aromatic ring is 1. The molecule has 4 nitrogen and oxygen atoms in total. The van der Waals surface area contributed by atoms with Crippen LogP contribution in [0.15, 0.2) is 40.9 Å². The van der Waals surface area contributed by atoms with Crippen molar-refractivity contribution in [2.24, 2.45) is 0 Å². The van der Waals surface area contributed by atoms with Gasteiger partial charge in [-0.15, -0.1) is 0 Å². The average Bonchev–Trinajstić information content (AvgIpc) is 2.38. The summed E-state index contributed by atoms with van der Waals surface area (Å²) in [5.74, 6) is -0.336. The number of benzene rings is 2. The Bertz CT molecular complexity index is 720. The molecule has 100 valence electrons. The second-order valence-corrected chi connectivity index (χ2v) is 5.21. The standard InChI is InChI=1S/C15H12BrN3O/c1-9-3-2-4-14(12(9)8-17)19-15(20)11-6-5-10(16)7-13(11)18/h2-7H,18H2,1H3,(H,19,20). The van der Waals surface area contributed by atoms with E-state index < -0.39 is 0 Å². The van der Waals surface area contributed by atoms with E-state index in [1.165, 1.54) is 0 Å². The lowest BCUT2D eigenvalue weighted by molar-refractivity contribution is 0.102. The fourth-order valence-corrected chi connectivity index (χ4v) is 2.23. The molecule has 5 heteroatoms. The summed E-state index contributed by atoms with van der Waals surface area (Å²) < 4.78 is 0.805. The zero-order valence-corrected chi connectivity index (χ0v) is 12.4. The van der Waals surface area contributed by atoms with Crippen LogP contribution in [0.3, 0.4) is 0 Å². The fourth-order valence-electron chi connectivity index (χ4n) is 1.85. The van der Waals surface area contributed by atoms with E-state index in [2.05, 4.69) is 27.3 Å². The van der Waals surface area contributed by atoms with Crippen LogP contribution in [-0.4, -0.2) is 5.91 Å². The third kappa shape index (κ3) is 2.81. The number of hydrogen-bond donors (Lipinski definition) is 2. The monoisotopic (exact) mass is 329 g/mol. The largest absolute Gasteiger partial charge is 0.398 e. The predicted octanol–water partition coefficient (Wildman–Crippen LogP) is 3.46. The number of rotatable bonds is 2. The van der Waals surface area contributed by atoms with Gasteiger partial charge in [-0.3, -0.25) is 4.79 Å². The molecule has 0 atom stereocenters. The van der Waals surface area contributed by atoms with Crippen molar-refractivity contribution in [1.82, 2.24) is 0 Å². The Hall–Kier alpha value is -2.32. The Morgan fingerprint density at radius 3 is 2.75 bits per heavy atom. The van der Waals surface area contributed by atoms with Gasteiger partial charge in [-0.2, -0.15) is 5.26 Å². The molecule has 0 aliphatic rings. The number of nitriles is 1. The normalized spacial score (nSPS) is 9.85. The van der Waals surface area contributed by atoms with E-state index in [1.54, 1.807) is 30.3 Å². The zero-order valence-electron chi connectivity index (χ0n) is 10.8. The van der Waals surface area contributed by atoms with Gasteiger partial charge in [-0.25, -0.2) is 0 Å². The highest BCUT2D eigenvalue weighted by atomic mass is 79.9. The summed E-state index contributed by atoms with van der Waals surface area (Å²) in [6.45, 7) is 1.82. The van der Waals surface area contributed by atoms with Crippen LogP contribution in [0.1, 0.15) is 21.5 Å². The van der Waals surface area contributed by atoms with Crippen LogP contribution in [0.25, 0.3) is 0 Å². The molecule has 3 N–H and O–H groups in total. The molecule has 0 saturated carbocycles. The van der Waals surface area contributed by atoms with Crippen molar-refractivity contribution < 1.29 is 4.79 Å². The van der Waals surface area contributed by atoms with Gasteiger partial charge in [0.15, 0.2) is 0 Å². The summed E-state index contributed by atoms with van der Waals surface area (Å²) in [6.07, 6.45) is 0. The Kier molecular flexibility index (Phi) is 4.06. The smallest absolute Gasteiger partial charge is 0.257 e. The third-order valence-corrected chi connectivity index (χ3v) is 3.38. The highest BCUT2D eigenvalue weighted by molar-refractivity contribution is 9.10. The summed E-state index contributed by atoms with van der Waals surface area (Å²) in [5, 5.41) is 11.9. The molecule has 2 aromatic rings. The van der Waals surface area contributed by atoms with Crippen LogP contribution in [0.2, 0.25) is 0 Å². The lowest BCUT2D eigenvalue weighted by Gasteiger charge is -2.10. The average molecular weight is 330 g/mol. The van der Waals surface area contributed by atoms with Crippen molar-refractivity contribution in [3.8, 4) is 6.07 Å². The van der Waals surface area contributed by atoms with Gasteiger partial charge in [0.2, 0.25) is 0 Å². The number of carbonyl (C=O) groups is 1. The van der Waals surface area contributed by atoms with E-state index in [4.69, 9.17) is 11.0 Å². The Balaban J connectivity index is 2.33. The maximum Gasteiger partial charge on any atom is 0.257 e. The molecule has 0 saturated heterocycles. The summed E-state index contributed by atoms with van der Waals surface area (Å²) in [4.78, 5) is 12.2. The quantitative estimate of drug-likeness (QED) is 0.828. The highest BCUT2D eigenvalue weighted by Gasteiger charge is 2.13. The molecule has 20 heavy (non-hydrogen) atoms. The zero-order chi connectivity index (χ0) is 14.7. The van der Waals surface area contributed by atoms with Gasteiger partial charge in [0, 0.05) is 10.2 Å². The van der Waals surface area contributed by atoms with E-state index in [-0.39, 0.29) is 5.91 Å². The van der Waals surface area contributed by atoms with Gasteiger partial charge < -0.3 is 11.1 Å². The number of nitrogens with one attached hydrogen (secondary N) is 1. The molecular formula is C15H12BrN3O. The molecule has 2 aromatic carbocycles. The van der Waals surface area contributed by atoms with Crippen molar-refractivity contribution in [3.63, 3.8) is 0 Å². The molecular weight excluding hydrogens is 318 g/mol. The molecule has 2 rings (SSSR count). The number of anilines is 2. The number of aryl methyl sites for hydroxylation is 1. The minimum absolute atomic E-state index is 0.336. The Morgan fingerprint density at radius 1 is 1.35 bits per heavy atom. The molecule has 0 aliphatic heterocycles. The first-order chi connectivity index (χ1) is 9.52. The fraction of sp³-hybridized carbons (Fsp3) is 0.0667. The van der Waals surface area contributed by atoms with E-state index in [0.717, 1.165) is 10.0 Å². The maximum atomic E-state index is 12.2. The van der Waals surface area contributed by atoms with Gasteiger partial charge in [0.05, 0.1) is 16.8 Å². The summed E-state index contributed by atoms with van der Waals surface area (Å²) >= 11 is 3.29. The lowest BCUT2D eigenvalue weighted by atomic mass is 10.1. The topological polar surface area (TPSA) is 78.9 Å². The number of nitrogens with two attached hydrogens (primary N) is 1. The minimum Gasteiger partial charge on any atom is -0.398 e. The van der Waals surface area contributed by atoms with Crippen LogP contribution < -0.4 is 11.1 Å². The minimum atomic E-state index is -0.336. The van der Waals surface area contributed by atoms with Crippen molar-refractivity contribution in [3.05, 3.63) is 57.6 Å². The number of amides is 1. The molecule has 0 aliphatic carbocycles. The van der Waals surface area contributed by atoms with E-state index in [9.17, 15) is 4.79 Å². The van der Waals surface area contributed by atoms with Crippen LogP contribution in [0.5, 0.6) is 0 Å². The maximum absolute atomic E-state index is 12.2. The van der Waals surface area contributed by atoms with E-state index in [0.29, 0.717) is 22.5 Å². The van der Waals surface area contributed by atoms with Gasteiger partial charge in [-0.05, 0) is 36.8 Å². The lowest BCUT2D eigenvalue weighted by Crippen LogP contribution is -2.15. The number of carbonyl (C=O) groups excluding carboxylic acids is 1. The molecule has 1 amide bonds. The van der Waals surface area contributed by atoms with E-state index in [1.807, 2.05) is 13.0 Å². The highest BCUT2D eigenvalue weighted by Crippen LogP contribution is 2.22. The molecule has 0 radical (unpaired) electrons. The number of halogens is 1. The molecule has 0 heterocycles. The molecule has 0 fully saturated rings. The van der Waals surface area contributed by atoms with Gasteiger partial charge >= 0.3 is 0 Å². The molecule has 0 unspecified atom stereocenters. The van der Waals surface area contributed by atoms with Crippen molar-refractivity contribution in [2.75, 3.05) is 11.1 Å². The van der Waals surface area contributed by atoms with Gasteiger partial charge in [0.25, 0.3) is 5.91 Å². The SMILES string of the molecule is Cc1cccc(NC(=O)c2ccc(Br)cc2N)c1C#N. The first kappa shape index (κ1) is 14.1.